The van der Waals surface area contributed by atoms with E-state index in [2.05, 4.69) is 24.3 Å². The zero-order valence-corrected chi connectivity index (χ0v) is 15.7. The van der Waals surface area contributed by atoms with Gasteiger partial charge in [0.25, 0.3) is 0 Å². The van der Waals surface area contributed by atoms with Crippen molar-refractivity contribution in [2.75, 3.05) is 7.11 Å². The second kappa shape index (κ2) is 8.58. The molecule has 3 rings (SSSR count). The van der Waals surface area contributed by atoms with Crippen molar-refractivity contribution in [2.24, 2.45) is 0 Å². The molecule has 1 unspecified atom stereocenters. The van der Waals surface area contributed by atoms with Gasteiger partial charge in [0.2, 0.25) is 0 Å². The summed E-state index contributed by atoms with van der Waals surface area (Å²) in [5, 5.41) is 0. The van der Waals surface area contributed by atoms with Gasteiger partial charge >= 0.3 is 6.16 Å². The van der Waals surface area contributed by atoms with E-state index in [4.69, 9.17) is 14.2 Å². The van der Waals surface area contributed by atoms with E-state index in [-0.39, 0.29) is 0 Å². The summed E-state index contributed by atoms with van der Waals surface area (Å²) in [4.78, 5) is 11.7. The van der Waals surface area contributed by atoms with Crippen molar-refractivity contribution in [2.45, 2.75) is 31.8 Å². The van der Waals surface area contributed by atoms with E-state index in [1.807, 2.05) is 55.5 Å². The van der Waals surface area contributed by atoms with Crippen LogP contribution in [0.25, 0.3) is 12.2 Å². The first-order valence-electron chi connectivity index (χ1n) is 9.08. The molecule has 1 heterocycles. The van der Waals surface area contributed by atoms with E-state index < -0.39 is 11.8 Å². The zero-order chi connectivity index (χ0) is 19.1. The van der Waals surface area contributed by atoms with Gasteiger partial charge in [0.1, 0.15) is 5.75 Å². The van der Waals surface area contributed by atoms with Gasteiger partial charge in [-0.25, -0.2) is 4.79 Å². The molecule has 1 aliphatic heterocycles. The third-order valence-electron chi connectivity index (χ3n) is 4.57. The Hall–Kier alpha value is -3.01. The minimum atomic E-state index is -0.738. The first-order chi connectivity index (χ1) is 13.1. The van der Waals surface area contributed by atoms with E-state index in [0.29, 0.717) is 12.2 Å². The first kappa shape index (κ1) is 18.8. The number of hydrogen-bond acceptors (Lipinski definition) is 4. The van der Waals surface area contributed by atoms with Gasteiger partial charge in [0.15, 0.2) is 11.4 Å². The third kappa shape index (κ3) is 5.00. The van der Waals surface area contributed by atoms with Crippen molar-refractivity contribution in [1.29, 1.82) is 0 Å². The van der Waals surface area contributed by atoms with Gasteiger partial charge in [-0.05, 0) is 55.5 Å². The minimum Gasteiger partial charge on any atom is -0.497 e. The van der Waals surface area contributed by atoms with Gasteiger partial charge in [-0.3, -0.25) is 0 Å². The molecule has 2 aromatic carbocycles. The Labute approximate surface area is 160 Å². The minimum absolute atomic E-state index is 0.546. The molecule has 140 valence electrons. The first-order valence-corrected chi connectivity index (χ1v) is 9.08. The van der Waals surface area contributed by atoms with Crippen LogP contribution in [0.3, 0.4) is 0 Å². The molecule has 2 aromatic rings. The van der Waals surface area contributed by atoms with Crippen molar-refractivity contribution in [3.05, 3.63) is 77.6 Å². The predicted octanol–water partition coefficient (Wildman–Crippen LogP) is 5.85. The van der Waals surface area contributed by atoms with Gasteiger partial charge in [0, 0.05) is 0 Å². The van der Waals surface area contributed by atoms with Gasteiger partial charge < -0.3 is 14.2 Å². The topological polar surface area (TPSA) is 44.8 Å². The van der Waals surface area contributed by atoms with Crippen molar-refractivity contribution < 1.29 is 19.0 Å². The number of benzene rings is 2. The predicted molar refractivity (Wildman–Crippen MR) is 106 cm³/mol. The molecule has 0 N–H and O–H groups in total. The van der Waals surface area contributed by atoms with E-state index in [1.165, 1.54) is 5.56 Å². The fourth-order valence-electron chi connectivity index (χ4n) is 3.00. The fourth-order valence-corrected chi connectivity index (χ4v) is 3.00. The lowest BCUT2D eigenvalue weighted by atomic mass is 9.95. The Kier molecular flexibility index (Phi) is 5.97. The summed E-state index contributed by atoms with van der Waals surface area (Å²) < 4.78 is 15.9. The highest BCUT2D eigenvalue weighted by molar-refractivity contribution is 5.70. The maximum atomic E-state index is 11.7. The number of hydrogen-bond donors (Lipinski definition) is 0. The van der Waals surface area contributed by atoms with Crippen LogP contribution in [0.2, 0.25) is 0 Å². The summed E-state index contributed by atoms with van der Waals surface area (Å²) in [5.74, 6) is 1.33. The lowest BCUT2D eigenvalue weighted by Crippen LogP contribution is -2.25. The van der Waals surface area contributed by atoms with Gasteiger partial charge in [-0.1, -0.05) is 54.6 Å². The summed E-state index contributed by atoms with van der Waals surface area (Å²) in [5.41, 5.74) is 1.37. The molecular formula is C23H24O4. The quantitative estimate of drug-likeness (QED) is 0.457. The molecule has 1 fully saturated rings. The van der Waals surface area contributed by atoms with Crippen LogP contribution in [-0.2, 0) is 9.47 Å². The largest absolute Gasteiger partial charge is 0.514 e. The molecule has 1 saturated heterocycles. The van der Waals surface area contributed by atoms with Crippen LogP contribution >= 0.6 is 0 Å². The molecule has 0 spiro atoms. The number of ether oxygens (including phenoxy) is 3. The molecule has 0 saturated carbocycles. The second-order valence-electron chi connectivity index (χ2n) is 6.67. The van der Waals surface area contributed by atoms with Crippen LogP contribution in [0.5, 0.6) is 5.75 Å². The number of unbranched alkanes of at least 4 members (excludes halogenated alkanes) is 1. The number of carbonyl (C=O) groups is 1. The third-order valence-corrected chi connectivity index (χ3v) is 4.57. The molecule has 0 amide bonds. The van der Waals surface area contributed by atoms with Crippen LogP contribution in [0.4, 0.5) is 4.79 Å². The number of cyclic esters (lactones) is 2. The summed E-state index contributed by atoms with van der Waals surface area (Å²) in [6, 6.07) is 17.8. The Morgan fingerprint density at radius 2 is 1.78 bits per heavy atom. The number of allylic oxidation sites excluding steroid dienone is 1. The van der Waals surface area contributed by atoms with E-state index in [0.717, 1.165) is 24.2 Å². The number of methoxy groups -OCH3 is 1. The van der Waals surface area contributed by atoms with Crippen molar-refractivity contribution >= 4 is 18.3 Å². The van der Waals surface area contributed by atoms with Crippen molar-refractivity contribution in [3.63, 3.8) is 0 Å². The normalized spacial score (nSPS) is 20.7. The van der Waals surface area contributed by atoms with Crippen molar-refractivity contribution in [1.82, 2.24) is 0 Å². The Morgan fingerprint density at radius 3 is 2.48 bits per heavy atom. The average molecular weight is 364 g/mol. The molecular weight excluding hydrogens is 340 g/mol. The maximum Gasteiger partial charge on any atom is 0.514 e. The average Bonchev–Trinajstić information content (AvgIpc) is 2.96. The summed E-state index contributed by atoms with van der Waals surface area (Å²) >= 11 is 0. The highest BCUT2D eigenvalue weighted by Crippen LogP contribution is 2.36. The van der Waals surface area contributed by atoms with E-state index in [1.54, 1.807) is 7.11 Å². The molecule has 0 radical (unpaired) electrons. The Bertz CT molecular complexity index is 821. The molecule has 27 heavy (non-hydrogen) atoms. The Balaban J connectivity index is 1.62. The highest BCUT2D eigenvalue weighted by Gasteiger charge is 2.42. The molecule has 1 atom stereocenters. The number of rotatable bonds is 7. The monoisotopic (exact) mass is 364 g/mol. The van der Waals surface area contributed by atoms with Gasteiger partial charge in [-0.2, -0.15) is 0 Å². The summed E-state index contributed by atoms with van der Waals surface area (Å²) in [7, 11) is 1.63. The molecule has 4 heteroatoms. The molecule has 4 nitrogen and oxygen atoms in total. The SMILES string of the molecule is COc1ccc(/C=C2/OC(=O)OC2(C)CCC/C=C/c2ccccc2)cc1. The van der Waals surface area contributed by atoms with E-state index >= 15 is 0 Å². The highest BCUT2D eigenvalue weighted by atomic mass is 16.8. The summed E-state index contributed by atoms with van der Waals surface area (Å²) in [6.45, 7) is 1.90. The van der Waals surface area contributed by atoms with Crippen LogP contribution in [-0.4, -0.2) is 18.9 Å². The second-order valence-corrected chi connectivity index (χ2v) is 6.67. The van der Waals surface area contributed by atoms with Crippen LogP contribution < -0.4 is 4.74 Å². The zero-order valence-electron chi connectivity index (χ0n) is 15.7. The summed E-state index contributed by atoms with van der Waals surface area (Å²) in [6.07, 6.45) is 7.94. The van der Waals surface area contributed by atoms with Gasteiger partial charge in [-0.15, -0.1) is 0 Å². The van der Waals surface area contributed by atoms with Crippen molar-refractivity contribution in [3.8, 4) is 5.75 Å². The lowest BCUT2D eigenvalue weighted by Gasteiger charge is -2.20. The van der Waals surface area contributed by atoms with Crippen LogP contribution in [0.15, 0.2) is 66.4 Å². The fraction of sp³-hybridized carbons (Fsp3) is 0.261. The molecule has 0 aromatic heterocycles. The molecule has 0 aliphatic carbocycles. The van der Waals surface area contributed by atoms with E-state index in [9.17, 15) is 4.79 Å². The number of carbonyl (C=O) groups excluding carboxylic acids is 1. The smallest absolute Gasteiger partial charge is 0.497 e. The molecule has 1 aliphatic rings. The van der Waals surface area contributed by atoms with Crippen LogP contribution in [0.1, 0.15) is 37.3 Å². The Morgan fingerprint density at radius 1 is 1.04 bits per heavy atom. The van der Waals surface area contributed by atoms with Crippen LogP contribution in [0, 0.1) is 0 Å². The lowest BCUT2D eigenvalue weighted by molar-refractivity contribution is 0.0706. The molecule has 0 bridgehead atoms. The standard InChI is InChI=1S/C23H24O4/c1-23(16-8-4-7-11-18-9-5-3-6-10-18)21(26-22(24)27-23)17-19-12-14-20(25-2)15-13-19/h3,5-7,9-15,17H,4,8,16H2,1-2H3/b11-7+,21-17+. The van der Waals surface area contributed by atoms with Gasteiger partial charge in [0.05, 0.1) is 7.11 Å². The maximum absolute atomic E-state index is 11.7.